The Balaban J connectivity index is 1.50. The number of oxazole rings is 1. The highest BCUT2D eigenvalue weighted by molar-refractivity contribution is 7.99. The Labute approximate surface area is 146 Å². The number of amides is 1. The van der Waals surface area contributed by atoms with Crippen molar-refractivity contribution < 1.29 is 9.21 Å². The van der Waals surface area contributed by atoms with Crippen LogP contribution in [0.2, 0.25) is 0 Å². The molecule has 1 aliphatic rings. The summed E-state index contributed by atoms with van der Waals surface area (Å²) in [6.07, 6.45) is 3.84. The average Bonchev–Trinajstić information content (AvgIpc) is 2.93. The normalized spacial score (nSPS) is 14.7. The lowest BCUT2D eigenvalue weighted by molar-refractivity contribution is -0.113. The monoisotopic (exact) mass is 345 g/mol. The molecule has 2 aromatic rings. The third kappa shape index (κ3) is 4.32. The molecule has 1 aromatic carbocycles. The van der Waals surface area contributed by atoms with Gasteiger partial charge in [0.05, 0.1) is 11.4 Å². The number of carbonyl (C=O) groups is 1. The third-order valence-electron chi connectivity index (χ3n) is 4.21. The van der Waals surface area contributed by atoms with E-state index in [0.29, 0.717) is 5.22 Å². The summed E-state index contributed by atoms with van der Waals surface area (Å²) in [6, 6.07) is 8.08. The molecule has 1 saturated heterocycles. The van der Waals surface area contributed by atoms with E-state index < -0.39 is 0 Å². The lowest BCUT2D eigenvalue weighted by Crippen LogP contribution is -2.29. The molecule has 24 heavy (non-hydrogen) atoms. The maximum absolute atomic E-state index is 12.1. The van der Waals surface area contributed by atoms with Crippen LogP contribution in [-0.2, 0) is 4.79 Å². The van der Waals surface area contributed by atoms with Crippen LogP contribution in [0.3, 0.4) is 0 Å². The molecule has 1 amide bonds. The first kappa shape index (κ1) is 16.9. The van der Waals surface area contributed by atoms with Crippen molar-refractivity contribution in [3.8, 4) is 0 Å². The van der Waals surface area contributed by atoms with Crippen molar-refractivity contribution in [1.29, 1.82) is 0 Å². The number of piperidine rings is 1. The van der Waals surface area contributed by atoms with E-state index in [9.17, 15) is 4.79 Å². The fourth-order valence-electron chi connectivity index (χ4n) is 2.74. The predicted octanol–water partition coefficient (Wildman–Crippen LogP) is 4.01. The molecule has 0 spiro atoms. The fraction of sp³-hybridized carbons (Fsp3) is 0.444. The third-order valence-corrected chi connectivity index (χ3v) is 5.04. The summed E-state index contributed by atoms with van der Waals surface area (Å²) in [5, 5.41) is 3.46. The second-order valence-electron chi connectivity index (χ2n) is 6.05. The minimum Gasteiger partial charge on any atom is -0.437 e. The molecule has 128 valence electrons. The standard InChI is InChI=1S/C18H23N3O2S/c1-13-14(2)23-18(19-13)24-12-17(22)20-15-6-8-16(9-7-15)21-10-4-3-5-11-21/h6-9H,3-5,10-12H2,1-2H3,(H,20,22). The number of carbonyl (C=O) groups excluding carboxylic acids is 1. The summed E-state index contributed by atoms with van der Waals surface area (Å²) >= 11 is 1.31. The molecular weight excluding hydrogens is 322 g/mol. The quantitative estimate of drug-likeness (QED) is 0.830. The zero-order chi connectivity index (χ0) is 16.9. The summed E-state index contributed by atoms with van der Waals surface area (Å²) < 4.78 is 5.46. The SMILES string of the molecule is Cc1nc(SCC(=O)Nc2ccc(N3CCCCC3)cc2)oc1C. The van der Waals surface area contributed by atoms with E-state index in [2.05, 4.69) is 27.3 Å². The molecule has 0 unspecified atom stereocenters. The lowest BCUT2D eigenvalue weighted by atomic mass is 10.1. The second-order valence-corrected chi connectivity index (χ2v) is 6.98. The van der Waals surface area contributed by atoms with Crippen molar-refractivity contribution in [2.75, 3.05) is 29.1 Å². The first-order chi connectivity index (χ1) is 11.6. The highest BCUT2D eigenvalue weighted by atomic mass is 32.2. The molecule has 0 bridgehead atoms. The summed E-state index contributed by atoms with van der Waals surface area (Å²) in [4.78, 5) is 18.7. The van der Waals surface area contributed by atoms with Crippen LogP contribution in [0.25, 0.3) is 0 Å². The van der Waals surface area contributed by atoms with Crippen molar-refractivity contribution in [3.63, 3.8) is 0 Å². The number of thioether (sulfide) groups is 1. The molecule has 2 heterocycles. The van der Waals surface area contributed by atoms with E-state index in [1.54, 1.807) is 0 Å². The number of aryl methyl sites for hydroxylation is 2. The Bertz CT molecular complexity index is 671. The smallest absolute Gasteiger partial charge is 0.256 e. The van der Waals surface area contributed by atoms with E-state index >= 15 is 0 Å². The number of aromatic nitrogens is 1. The molecule has 5 nitrogen and oxygen atoms in total. The highest BCUT2D eigenvalue weighted by Gasteiger charge is 2.12. The van der Waals surface area contributed by atoms with Crippen LogP contribution in [0.5, 0.6) is 0 Å². The molecule has 6 heteroatoms. The predicted molar refractivity (Wildman–Crippen MR) is 97.8 cm³/mol. The molecule has 1 N–H and O–H groups in total. The van der Waals surface area contributed by atoms with Gasteiger partial charge < -0.3 is 14.6 Å². The van der Waals surface area contributed by atoms with Crippen molar-refractivity contribution in [2.45, 2.75) is 38.3 Å². The van der Waals surface area contributed by atoms with Gasteiger partial charge in [-0.25, -0.2) is 4.98 Å². The van der Waals surface area contributed by atoms with Gasteiger partial charge in [-0.3, -0.25) is 4.79 Å². The highest BCUT2D eigenvalue weighted by Crippen LogP contribution is 2.23. The molecule has 1 aliphatic heterocycles. The number of rotatable bonds is 5. The van der Waals surface area contributed by atoms with Crippen molar-refractivity contribution in [2.24, 2.45) is 0 Å². The Morgan fingerprint density at radius 2 is 1.92 bits per heavy atom. The summed E-state index contributed by atoms with van der Waals surface area (Å²) in [5.74, 6) is 1.03. The number of hydrogen-bond acceptors (Lipinski definition) is 5. The minimum absolute atomic E-state index is 0.0563. The van der Waals surface area contributed by atoms with Gasteiger partial charge in [0.25, 0.3) is 5.22 Å². The van der Waals surface area contributed by atoms with Gasteiger partial charge >= 0.3 is 0 Å². The molecule has 0 saturated carbocycles. The van der Waals surface area contributed by atoms with Gasteiger partial charge in [-0.1, -0.05) is 11.8 Å². The first-order valence-corrected chi connectivity index (χ1v) is 9.32. The number of hydrogen-bond donors (Lipinski definition) is 1. The molecule has 1 fully saturated rings. The number of nitrogens with zero attached hydrogens (tertiary/aromatic N) is 2. The Morgan fingerprint density at radius 1 is 1.21 bits per heavy atom. The molecule has 3 rings (SSSR count). The van der Waals surface area contributed by atoms with Gasteiger partial charge in [-0.05, 0) is 57.4 Å². The van der Waals surface area contributed by atoms with Crippen molar-refractivity contribution >= 4 is 29.0 Å². The zero-order valence-electron chi connectivity index (χ0n) is 14.2. The van der Waals surface area contributed by atoms with E-state index in [1.165, 1.54) is 36.7 Å². The van der Waals surface area contributed by atoms with Crippen LogP contribution in [0, 0.1) is 13.8 Å². The average molecular weight is 345 g/mol. The van der Waals surface area contributed by atoms with Crippen LogP contribution in [0.15, 0.2) is 33.9 Å². The number of nitrogens with one attached hydrogen (secondary N) is 1. The van der Waals surface area contributed by atoms with Crippen LogP contribution in [0.1, 0.15) is 30.7 Å². The molecular formula is C18H23N3O2S. The molecule has 0 aliphatic carbocycles. The van der Waals surface area contributed by atoms with Crippen LogP contribution < -0.4 is 10.2 Å². The van der Waals surface area contributed by atoms with Gasteiger partial charge in [-0.2, -0.15) is 0 Å². The molecule has 0 atom stereocenters. The zero-order valence-corrected chi connectivity index (χ0v) is 15.0. The van der Waals surface area contributed by atoms with Gasteiger partial charge in [0.15, 0.2) is 0 Å². The van der Waals surface area contributed by atoms with Gasteiger partial charge in [0.1, 0.15) is 5.76 Å². The maximum atomic E-state index is 12.1. The Kier molecular flexibility index (Phi) is 5.45. The number of benzene rings is 1. The topological polar surface area (TPSA) is 58.4 Å². The van der Waals surface area contributed by atoms with E-state index in [-0.39, 0.29) is 11.7 Å². The van der Waals surface area contributed by atoms with Gasteiger partial charge in [0.2, 0.25) is 5.91 Å². The van der Waals surface area contributed by atoms with Crippen molar-refractivity contribution in [3.05, 3.63) is 35.7 Å². The minimum atomic E-state index is -0.0563. The summed E-state index contributed by atoms with van der Waals surface area (Å²) in [7, 11) is 0. The largest absolute Gasteiger partial charge is 0.437 e. The Morgan fingerprint density at radius 3 is 2.54 bits per heavy atom. The van der Waals surface area contributed by atoms with Crippen LogP contribution >= 0.6 is 11.8 Å². The maximum Gasteiger partial charge on any atom is 0.256 e. The summed E-state index contributed by atoms with van der Waals surface area (Å²) in [5.41, 5.74) is 2.92. The molecule has 1 aromatic heterocycles. The Hall–Kier alpha value is -1.95. The molecule has 0 radical (unpaired) electrons. The fourth-order valence-corrected chi connectivity index (χ4v) is 3.45. The van der Waals surface area contributed by atoms with Gasteiger partial charge in [-0.15, -0.1) is 0 Å². The first-order valence-electron chi connectivity index (χ1n) is 8.33. The van der Waals surface area contributed by atoms with Crippen molar-refractivity contribution in [1.82, 2.24) is 4.98 Å². The van der Waals surface area contributed by atoms with E-state index in [4.69, 9.17) is 4.42 Å². The van der Waals surface area contributed by atoms with E-state index in [0.717, 1.165) is 30.2 Å². The van der Waals surface area contributed by atoms with Crippen LogP contribution in [0.4, 0.5) is 11.4 Å². The second kappa shape index (κ2) is 7.75. The summed E-state index contributed by atoms with van der Waals surface area (Å²) in [6.45, 7) is 6.01. The van der Waals surface area contributed by atoms with Gasteiger partial charge in [0, 0.05) is 24.5 Å². The van der Waals surface area contributed by atoms with Crippen LogP contribution in [-0.4, -0.2) is 29.7 Å². The van der Waals surface area contributed by atoms with E-state index in [1.807, 2.05) is 26.0 Å². The lowest BCUT2D eigenvalue weighted by Gasteiger charge is -2.28. The number of anilines is 2.